The Bertz CT molecular complexity index is 216. The van der Waals surface area contributed by atoms with Crippen LogP contribution in [0.1, 0.15) is 12.5 Å². The molecule has 1 aromatic rings. The van der Waals surface area contributed by atoms with Gasteiger partial charge in [0.1, 0.15) is 0 Å². The fourth-order valence-electron chi connectivity index (χ4n) is 0.962. The molecule has 0 unspecified atom stereocenters. The molecule has 0 radical (unpaired) electrons. The van der Waals surface area contributed by atoms with Gasteiger partial charge in [0.15, 0.2) is 0 Å². The Labute approximate surface area is 75.2 Å². The van der Waals surface area contributed by atoms with Gasteiger partial charge in [0, 0.05) is 4.47 Å². The van der Waals surface area contributed by atoms with Crippen LogP contribution in [-0.4, -0.2) is 11.2 Å². The molecule has 0 fully saturated rings. The average Bonchev–Trinajstić information content (AvgIpc) is 1.93. The topological polar surface area (TPSA) is 20.2 Å². The first-order valence-corrected chi connectivity index (χ1v) is 4.40. The largest absolute Gasteiger partial charge is 0.393 e. The summed E-state index contributed by atoms with van der Waals surface area (Å²) in [7, 11) is 0. The van der Waals surface area contributed by atoms with E-state index in [9.17, 15) is 0 Å². The molecule has 0 aliphatic heterocycles. The summed E-state index contributed by atoms with van der Waals surface area (Å²) in [6.07, 6.45) is 0.476. The second-order valence-electron chi connectivity index (χ2n) is 2.68. The number of halogens is 1. The van der Waals surface area contributed by atoms with Gasteiger partial charge in [0.05, 0.1) is 6.10 Å². The van der Waals surface area contributed by atoms with Crippen LogP contribution in [0.5, 0.6) is 0 Å². The number of aliphatic hydroxyl groups is 1. The lowest BCUT2D eigenvalue weighted by atomic mass is 10.1. The molecule has 0 heterocycles. The molecule has 0 saturated carbocycles. The molecular formula is C9H11BrO. The van der Waals surface area contributed by atoms with Gasteiger partial charge >= 0.3 is 0 Å². The molecule has 0 bridgehead atoms. The minimum Gasteiger partial charge on any atom is -0.393 e. The van der Waals surface area contributed by atoms with E-state index in [1.807, 2.05) is 24.3 Å². The minimum absolute atomic E-state index is 0.254. The molecule has 1 aromatic carbocycles. The second-order valence-corrected chi connectivity index (χ2v) is 3.60. The summed E-state index contributed by atoms with van der Waals surface area (Å²) in [5, 5.41) is 9.06. The predicted molar refractivity (Wildman–Crippen MR) is 49.5 cm³/mol. The predicted octanol–water partition coefficient (Wildman–Crippen LogP) is 2.37. The van der Waals surface area contributed by atoms with E-state index in [0.29, 0.717) is 0 Å². The molecule has 0 amide bonds. The Hall–Kier alpha value is -0.340. The molecule has 60 valence electrons. The average molecular weight is 215 g/mol. The van der Waals surface area contributed by atoms with Gasteiger partial charge in [-0.3, -0.25) is 0 Å². The van der Waals surface area contributed by atoms with E-state index in [-0.39, 0.29) is 6.10 Å². The summed E-state index contributed by atoms with van der Waals surface area (Å²) in [5.41, 5.74) is 1.17. The lowest BCUT2D eigenvalue weighted by molar-refractivity contribution is 0.195. The first kappa shape index (κ1) is 8.75. The van der Waals surface area contributed by atoms with Crippen LogP contribution < -0.4 is 0 Å². The molecule has 1 N–H and O–H groups in total. The third kappa shape index (κ3) is 3.04. The Morgan fingerprint density at radius 1 is 1.36 bits per heavy atom. The van der Waals surface area contributed by atoms with Crippen LogP contribution in [0, 0.1) is 0 Å². The third-order valence-corrected chi connectivity index (χ3v) is 1.97. The molecule has 1 atom stereocenters. The highest BCUT2D eigenvalue weighted by atomic mass is 79.9. The third-order valence-electron chi connectivity index (χ3n) is 1.44. The fourth-order valence-corrected chi connectivity index (χ4v) is 1.23. The van der Waals surface area contributed by atoms with Crippen LogP contribution in [0.2, 0.25) is 0 Å². The van der Waals surface area contributed by atoms with Crippen molar-refractivity contribution in [3.8, 4) is 0 Å². The fraction of sp³-hybridized carbons (Fsp3) is 0.333. The number of hydrogen-bond acceptors (Lipinski definition) is 1. The zero-order valence-electron chi connectivity index (χ0n) is 6.42. The lowest BCUT2D eigenvalue weighted by Gasteiger charge is -2.03. The molecule has 0 aromatic heterocycles. The highest BCUT2D eigenvalue weighted by molar-refractivity contribution is 9.10. The maximum Gasteiger partial charge on any atom is 0.0552 e. The van der Waals surface area contributed by atoms with Crippen molar-refractivity contribution in [1.29, 1.82) is 0 Å². The standard InChI is InChI=1S/C9H11BrO/c1-7(11)6-8-2-4-9(10)5-3-8/h2-5,7,11H,6H2,1H3/t7-/m0/s1. The quantitative estimate of drug-likeness (QED) is 0.802. The highest BCUT2D eigenvalue weighted by Crippen LogP contribution is 2.11. The monoisotopic (exact) mass is 214 g/mol. The maximum absolute atomic E-state index is 9.06. The van der Waals surface area contributed by atoms with E-state index in [0.717, 1.165) is 10.9 Å². The number of aliphatic hydroxyl groups excluding tert-OH is 1. The van der Waals surface area contributed by atoms with E-state index in [1.54, 1.807) is 6.92 Å². The Morgan fingerprint density at radius 2 is 1.91 bits per heavy atom. The Morgan fingerprint density at radius 3 is 2.36 bits per heavy atom. The zero-order valence-corrected chi connectivity index (χ0v) is 8.01. The van der Waals surface area contributed by atoms with E-state index >= 15 is 0 Å². The molecule has 1 rings (SSSR count). The van der Waals surface area contributed by atoms with Crippen molar-refractivity contribution >= 4 is 15.9 Å². The van der Waals surface area contributed by atoms with E-state index < -0.39 is 0 Å². The lowest BCUT2D eigenvalue weighted by Crippen LogP contribution is -2.03. The SMILES string of the molecule is C[C@H](O)Cc1ccc(Br)cc1. The smallest absolute Gasteiger partial charge is 0.0552 e. The van der Waals surface area contributed by atoms with Crippen molar-refractivity contribution < 1.29 is 5.11 Å². The highest BCUT2D eigenvalue weighted by Gasteiger charge is 1.97. The van der Waals surface area contributed by atoms with Gasteiger partial charge in [-0.25, -0.2) is 0 Å². The normalized spacial score (nSPS) is 13.0. The molecule has 0 saturated heterocycles. The van der Waals surface area contributed by atoms with Gasteiger partial charge in [-0.1, -0.05) is 28.1 Å². The number of hydrogen-bond donors (Lipinski definition) is 1. The van der Waals surface area contributed by atoms with Crippen LogP contribution in [0.15, 0.2) is 28.7 Å². The van der Waals surface area contributed by atoms with E-state index in [2.05, 4.69) is 15.9 Å². The summed E-state index contributed by atoms with van der Waals surface area (Å²) < 4.78 is 1.08. The zero-order chi connectivity index (χ0) is 8.27. The summed E-state index contributed by atoms with van der Waals surface area (Å²) in [4.78, 5) is 0. The number of benzene rings is 1. The van der Waals surface area contributed by atoms with Crippen molar-refractivity contribution in [3.63, 3.8) is 0 Å². The van der Waals surface area contributed by atoms with E-state index in [1.165, 1.54) is 5.56 Å². The van der Waals surface area contributed by atoms with Crippen molar-refractivity contribution in [2.75, 3.05) is 0 Å². The Kier molecular flexibility index (Phi) is 3.09. The molecular weight excluding hydrogens is 204 g/mol. The van der Waals surface area contributed by atoms with Gasteiger partial charge in [0.2, 0.25) is 0 Å². The Balaban J connectivity index is 2.66. The molecule has 0 aliphatic rings. The van der Waals surface area contributed by atoms with Crippen LogP contribution >= 0.6 is 15.9 Å². The molecule has 1 nitrogen and oxygen atoms in total. The maximum atomic E-state index is 9.06. The molecule has 0 aliphatic carbocycles. The van der Waals surface area contributed by atoms with Gasteiger partial charge in [-0.2, -0.15) is 0 Å². The summed E-state index contributed by atoms with van der Waals surface area (Å²) in [6, 6.07) is 7.99. The number of rotatable bonds is 2. The molecule has 11 heavy (non-hydrogen) atoms. The first-order chi connectivity index (χ1) is 5.18. The van der Waals surface area contributed by atoms with Crippen molar-refractivity contribution in [2.45, 2.75) is 19.4 Å². The summed E-state index contributed by atoms with van der Waals surface area (Å²) in [5.74, 6) is 0. The second kappa shape index (κ2) is 3.88. The van der Waals surface area contributed by atoms with Crippen LogP contribution in [0.4, 0.5) is 0 Å². The summed E-state index contributed by atoms with van der Waals surface area (Å²) >= 11 is 3.35. The van der Waals surface area contributed by atoms with Crippen LogP contribution in [-0.2, 0) is 6.42 Å². The molecule has 2 heteroatoms. The van der Waals surface area contributed by atoms with Crippen molar-refractivity contribution in [1.82, 2.24) is 0 Å². The van der Waals surface area contributed by atoms with Gasteiger partial charge < -0.3 is 5.11 Å². The molecule has 0 spiro atoms. The van der Waals surface area contributed by atoms with Crippen LogP contribution in [0.25, 0.3) is 0 Å². The van der Waals surface area contributed by atoms with Gasteiger partial charge in [-0.15, -0.1) is 0 Å². The van der Waals surface area contributed by atoms with Gasteiger partial charge in [-0.05, 0) is 31.0 Å². The van der Waals surface area contributed by atoms with Gasteiger partial charge in [0.25, 0.3) is 0 Å². The van der Waals surface area contributed by atoms with Crippen molar-refractivity contribution in [2.24, 2.45) is 0 Å². The van der Waals surface area contributed by atoms with Crippen LogP contribution in [0.3, 0.4) is 0 Å². The first-order valence-electron chi connectivity index (χ1n) is 3.61. The van der Waals surface area contributed by atoms with E-state index in [4.69, 9.17) is 5.11 Å². The van der Waals surface area contributed by atoms with Crippen molar-refractivity contribution in [3.05, 3.63) is 34.3 Å². The summed E-state index contributed by atoms with van der Waals surface area (Å²) in [6.45, 7) is 1.79. The minimum atomic E-state index is -0.254.